The third-order valence-electron chi connectivity index (χ3n) is 6.77. The minimum absolute atomic E-state index is 0.0352. The van der Waals surface area contributed by atoms with Crippen LogP contribution in [0.3, 0.4) is 0 Å². The first kappa shape index (κ1) is 21.1. The van der Waals surface area contributed by atoms with Crippen LogP contribution in [-0.2, 0) is 11.2 Å². The molecule has 170 valence electrons. The molecule has 0 aromatic heterocycles. The largest absolute Gasteiger partial charge is 0.573 e. The van der Waals surface area contributed by atoms with Gasteiger partial charge >= 0.3 is 12.5 Å². The number of hydrogen-bond acceptors (Lipinski definition) is 4. The number of benzene rings is 2. The minimum atomic E-state index is -4.72. The van der Waals surface area contributed by atoms with Crippen molar-refractivity contribution in [3.05, 3.63) is 53.6 Å². The van der Waals surface area contributed by atoms with Gasteiger partial charge in [-0.3, -0.25) is 4.90 Å². The van der Waals surface area contributed by atoms with Crippen LogP contribution < -0.4 is 10.1 Å². The Kier molecular flexibility index (Phi) is 5.49. The van der Waals surface area contributed by atoms with Gasteiger partial charge in [0.2, 0.25) is 0 Å². The molecule has 3 heterocycles. The third kappa shape index (κ3) is 4.55. The predicted octanol–water partition coefficient (Wildman–Crippen LogP) is 5.06. The molecule has 3 aliphatic heterocycles. The van der Waals surface area contributed by atoms with Gasteiger partial charge in [0.1, 0.15) is 11.9 Å². The molecule has 3 saturated heterocycles. The molecule has 0 radical (unpaired) electrons. The Morgan fingerprint density at radius 1 is 1.03 bits per heavy atom. The van der Waals surface area contributed by atoms with Crippen molar-refractivity contribution >= 4 is 6.09 Å². The maximum Gasteiger partial charge on any atom is 0.573 e. The monoisotopic (exact) mass is 446 g/mol. The Bertz CT molecular complexity index is 1000. The summed E-state index contributed by atoms with van der Waals surface area (Å²) in [5.74, 6) is 0.215. The molecule has 8 heteroatoms. The zero-order valence-electron chi connectivity index (χ0n) is 17.5. The van der Waals surface area contributed by atoms with Crippen LogP contribution in [0, 0.1) is 5.92 Å². The van der Waals surface area contributed by atoms with Crippen LogP contribution in [-0.4, -0.2) is 43.1 Å². The van der Waals surface area contributed by atoms with Crippen LogP contribution in [0.1, 0.15) is 36.4 Å². The van der Waals surface area contributed by atoms with Crippen molar-refractivity contribution in [1.29, 1.82) is 0 Å². The molecule has 1 amide bonds. The number of carbonyl (C=O) groups is 1. The van der Waals surface area contributed by atoms with Crippen molar-refractivity contribution in [3.63, 3.8) is 0 Å². The van der Waals surface area contributed by atoms with E-state index in [1.165, 1.54) is 12.1 Å². The smallest absolute Gasteiger partial charge is 0.445 e. The minimum Gasteiger partial charge on any atom is -0.445 e. The molecular formula is C24H25F3N2O3. The summed E-state index contributed by atoms with van der Waals surface area (Å²) in [5.41, 5.74) is 3.57. The predicted molar refractivity (Wildman–Crippen MR) is 112 cm³/mol. The standard InChI is InChI=1S/C24H25F3N2O3/c25-24(26,27)32-19-3-1-2-16(13-19)17-4-6-20-18(12-17)5-7-21(20)28-23(30)31-22-14-29-10-8-15(22)9-11-29/h1-4,6,12-13,15,21-22H,5,7-11,14H2,(H,28,30)/t21?,22-/m0/s1. The van der Waals surface area contributed by atoms with E-state index >= 15 is 0 Å². The van der Waals surface area contributed by atoms with Crippen LogP contribution in [0.5, 0.6) is 5.75 Å². The number of fused-ring (bicyclic) bond motifs is 4. The van der Waals surface area contributed by atoms with Gasteiger partial charge < -0.3 is 14.8 Å². The van der Waals surface area contributed by atoms with E-state index in [2.05, 4.69) is 15.0 Å². The molecule has 1 unspecified atom stereocenters. The summed E-state index contributed by atoms with van der Waals surface area (Å²) >= 11 is 0. The molecule has 1 N–H and O–H groups in total. The van der Waals surface area contributed by atoms with Crippen LogP contribution in [0.25, 0.3) is 11.1 Å². The highest BCUT2D eigenvalue weighted by molar-refractivity contribution is 5.70. The SMILES string of the molecule is O=C(NC1CCc2cc(-c3cccc(OC(F)(F)F)c3)ccc21)O[C@H]1CN2CCC1CC2. The Morgan fingerprint density at radius 2 is 1.81 bits per heavy atom. The Morgan fingerprint density at radius 3 is 2.53 bits per heavy atom. The first-order chi connectivity index (χ1) is 15.3. The lowest BCUT2D eigenvalue weighted by Gasteiger charge is -2.43. The zero-order chi connectivity index (χ0) is 22.3. The number of carbonyl (C=O) groups excluding carboxylic acids is 1. The fourth-order valence-electron chi connectivity index (χ4n) is 5.18. The molecule has 4 aliphatic rings. The lowest BCUT2D eigenvalue weighted by atomic mass is 9.86. The lowest BCUT2D eigenvalue weighted by molar-refractivity contribution is -0.274. The maximum absolute atomic E-state index is 12.5. The van der Waals surface area contributed by atoms with E-state index in [9.17, 15) is 18.0 Å². The van der Waals surface area contributed by atoms with Crippen LogP contribution in [0.4, 0.5) is 18.0 Å². The number of ether oxygens (including phenoxy) is 2. The quantitative estimate of drug-likeness (QED) is 0.713. The van der Waals surface area contributed by atoms with E-state index in [1.54, 1.807) is 12.1 Å². The number of hydrogen-bond donors (Lipinski definition) is 1. The lowest BCUT2D eigenvalue weighted by Crippen LogP contribution is -2.52. The van der Waals surface area contributed by atoms with Crippen molar-refractivity contribution in [2.24, 2.45) is 5.92 Å². The fraction of sp³-hybridized carbons (Fsp3) is 0.458. The Hall–Kier alpha value is -2.74. The summed E-state index contributed by atoms with van der Waals surface area (Å²) in [6.07, 6.45) is -1.41. The average Bonchev–Trinajstić information content (AvgIpc) is 3.15. The number of rotatable bonds is 4. The summed E-state index contributed by atoms with van der Waals surface area (Å²) < 4.78 is 47.4. The summed E-state index contributed by atoms with van der Waals surface area (Å²) in [6.45, 7) is 3.01. The molecule has 2 aromatic rings. The first-order valence-corrected chi connectivity index (χ1v) is 11.0. The van der Waals surface area contributed by atoms with Crippen molar-refractivity contribution in [2.45, 2.75) is 44.2 Å². The maximum atomic E-state index is 12.5. The second-order valence-corrected chi connectivity index (χ2v) is 8.81. The normalized spacial score (nSPS) is 26.5. The van der Waals surface area contributed by atoms with Crippen LogP contribution >= 0.6 is 0 Å². The Labute approximate surface area is 184 Å². The molecule has 6 rings (SSSR count). The number of piperidine rings is 3. The molecule has 2 atom stereocenters. The number of amides is 1. The molecule has 3 fully saturated rings. The number of aryl methyl sites for hydroxylation is 1. The van der Waals surface area contributed by atoms with E-state index in [1.807, 2.05) is 18.2 Å². The van der Waals surface area contributed by atoms with E-state index in [-0.39, 0.29) is 24.0 Å². The highest BCUT2D eigenvalue weighted by Crippen LogP contribution is 2.36. The van der Waals surface area contributed by atoms with Crippen LogP contribution in [0.2, 0.25) is 0 Å². The first-order valence-electron chi connectivity index (χ1n) is 11.0. The van der Waals surface area contributed by atoms with E-state index in [4.69, 9.17) is 4.74 Å². The van der Waals surface area contributed by atoms with Gasteiger partial charge in [-0.2, -0.15) is 0 Å². The molecule has 5 nitrogen and oxygen atoms in total. The van der Waals surface area contributed by atoms with Gasteiger partial charge in [0.05, 0.1) is 6.04 Å². The van der Waals surface area contributed by atoms with Gasteiger partial charge in [-0.05, 0) is 79.1 Å². The molecule has 0 saturated carbocycles. The topological polar surface area (TPSA) is 50.8 Å². The summed E-state index contributed by atoms with van der Waals surface area (Å²) in [4.78, 5) is 14.9. The van der Waals surface area contributed by atoms with Crippen LogP contribution in [0.15, 0.2) is 42.5 Å². The highest BCUT2D eigenvalue weighted by Gasteiger charge is 2.37. The number of alkyl carbamates (subject to hydrolysis) is 1. The van der Waals surface area contributed by atoms with Gasteiger partial charge in [0.25, 0.3) is 0 Å². The molecule has 2 bridgehead atoms. The number of nitrogens with one attached hydrogen (secondary N) is 1. The fourth-order valence-corrected chi connectivity index (χ4v) is 5.18. The molecular weight excluding hydrogens is 421 g/mol. The molecule has 0 spiro atoms. The summed E-state index contributed by atoms with van der Waals surface area (Å²) in [5, 5.41) is 3.01. The van der Waals surface area contributed by atoms with E-state index in [0.717, 1.165) is 62.0 Å². The average molecular weight is 446 g/mol. The van der Waals surface area contributed by atoms with Gasteiger partial charge in [0.15, 0.2) is 0 Å². The third-order valence-corrected chi connectivity index (χ3v) is 6.77. The van der Waals surface area contributed by atoms with Crippen molar-refractivity contribution < 1.29 is 27.4 Å². The van der Waals surface area contributed by atoms with E-state index < -0.39 is 6.36 Å². The van der Waals surface area contributed by atoms with Gasteiger partial charge in [-0.25, -0.2) is 4.79 Å². The van der Waals surface area contributed by atoms with Crippen molar-refractivity contribution in [1.82, 2.24) is 10.2 Å². The summed E-state index contributed by atoms with van der Waals surface area (Å²) in [7, 11) is 0. The zero-order valence-corrected chi connectivity index (χ0v) is 17.5. The number of halogens is 3. The molecule has 32 heavy (non-hydrogen) atoms. The van der Waals surface area contributed by atoms with E-state index in [0.29, 0.717) is 11.5 Å². The van der Waals surface area contributed by atoms with Gasteiger partial charge in [0, 0.05) is 6.54 Å². The second-order valence-electron chi connectivity index (χ2n) is 8.81. The number of alkyl halides is 3. The van der Waals surface area contributed by atoms with Crippen molar-refractivity contribution in [2.75, 3.05) is 19.6 Å². The molecule has 1 aliphatic carbocycles. The second kappa shape index (κ2) is 8.31. The van der Waals surface area contributed by atoms with Gasteiger partial charge in [-0.1, -0.05) is 30.3 Å². The Balaban J connectivity index is 1.25. The highest BCUT2D eigenvalue weighted by atomic mass is 19.4. The summed E-state index contributed by atoms with van der Waals surface area (Å²) in [6, 6.07) is 11.6. The molecule has 2 aromatic carbocycles. The van der Waals surface area contributed by atoms with Crippen molar-refractivity contribution in [3.8, 4) is 16.9 Å². The van der Waals surface area contributed by atoms with Gasteiger partial charge in [-0.15, -0.1) is 13.2 Å². The number of nitrogens with zero attached hydrogens (tertiary/aromatic N) is 1.